The van der Waals surface area contributed by atoms with Crippen molar-refractivity contribution >= 4 is 34.2 Å². The third-order valence-electron chi connectivity index (χ3n) is 9.11. The van der Waals surface area contributed by atoms with Gasteiger partial charge < -0.3 is 4.90 Å². The second kappa shape index (κ2) is 9.30. The van der Waals surface area contributed by atoms with Crippen molar-refractivity contribution in [2.24, 2.45) is 5.41 Å². The summed E-state index contributed by atoms with van der Waals surface area (Å²) in [6.07, 6.45) is 9.99. The number of aromatic nitrogens is 2. The van der Waals surface area contributed by atoms with E-state index in [0.717, 1.165) is 72.8 Å². The number of likely N-dealkylation sites (tertiary alicyclic amines) is 1. The summed E-state index contributed by atoms with van der Waals surface area (Å²) in [5.41, 5.74) is 3.23. The number of benzene rings is 2. The Bertz CT molecular complexity index is 1570. The Labute approximate surface area is 231 Å². The van der Waals surface area contributed by atoms with Gasteiger partial charge in [0.25, 0.3) is 5.91 Å². The van der Waals surface area contributed by atoms with Gasteiger partial charge in [-0.15, -0.1) is 0 Å². The number of nitrogens with one attached hydrogen (secondary N) is 1. The van der Waals surface area contributed by atoms with Crippen LogP contribution in [0.1, 0.15) is 82.1 Å². The standard InChI is InChI=1S/C31H35N5O3/c1-31(12-3-13-31)19-34-14-10-22(11-15-34)35-18-20(17-32-35)16-21-6-7-25-28-23(21)4-2-5-24(28)30(39)36(25)26-8-9-27(37)33-29(26)38/h2,4-7,17-18,22,26H,3,8-16,19H2,1H3,(H,33,37,38)/i19D2. The zero-order valence-corrected chi connectivity index (χ0v) is 22.3. The van der Waals surface area contributed by atoms with Gasteiger partial charge in [-0.05, 0) is 66.2 Å². The lowest BCUT2D eigenvalue weighted by molar-refractivity contribution is -0.134. The summed E-state index contributed by atoms with van der Waals surface area (Å²) in [7, 11) is 0. The van der Waals surface area contributed by atoms with Gasteiger partial charge in [-0.25, -0.2) is 0 Å². The minimum absolute atomic E-state index is 0.202. The first-order valence-electron chi connectivity index (χ1n) is 15.2. The molecule has 1 saturated carbocycles. The minimum atomic E-state index is -1.27. The molecule has 1 aromatic heterocycles. The Balaban J connectivity index is 1.09. The summed E-state index contributed by atoms with van der Waals surface area (Å²) >= 11 is 0. The van der Waals surface area contributed by atoms with Crippen molar-refractivity contribution in [3.63, 3.8) is 0 Å². The molecule has 4 heterocycles. The smallest absolute Gasteiger partial charge is 0.259 e. The predicted molar refractivity (Wildman–Crippen MR) is 149 cm³/mol. The van der Waals surface area contributed by atoms with Gasteiger partial charge in [-0.3, -0.25) is 29.3 Å². The highest BCUT2D eigenvalue weighted by atomic mass is 16.2. The Morgan fingerprint density at radius 3 is 2.67 bits per heavy atom. The van der Waals surface area contributed by atoms with Gasteiger partial charge in [0.2, 0.25) is 11.8 Å². The van der Waals surface area contributed by atoms with E-state index in [1.165, 1.54) is 0 Å². The topological polar surface area (TPSA) is 87.5 Å². The highest BCUT2D eigenvalue weighted by Crippen LogP contribution is 2.42. The molecule has 1 N–H and O–H groups in total. The Hall–Kier alpha value is -3.52. The molecule has 1 aliphatic carbocycles. The van der Waals surface area contributed by atoms with Gasteiger partial charge >= 0.3 is 0 Å². The van der Waals surface area contributed by atoms with Crippen LogP contribution in [0.3, 0.4) is 0 Å². The van der Waals surface area contributed by atoms with E-state index in [9.17, 15) is 14.4 Å². The zero-order valence-electron chi connectivity index (χ0n) is 24.3. The average Bonchev–Trinajstić information content (AvgIpc) is 3.52. The lowest BCUT2D eigenvalue weighted by Crippen LogP contribution is -2.53. The molecule has 3 aliphatic heterocycles. The Kier molecular flexibility index (Phi) is 5.32. The van der Waals surface area contributed by atoms with E-state index in [1.807, 2.05) is 46.1 Å². The SMILES string of the molecule is [2H]C([2H])(N1CCC(n2cc(Cc3ccc4c5c(cccc35)C(=O)N4C3CCC(=O)NC3=O)cn2)CC1)C1(C)CCC1. The molecule has 4 aliphatic rings. The van der Waals surface area contributed by atoms with Gasteiger partial charge in [-0.1, -0.05) is 31.5 Å². The van der Waals surface area contributed by atoms with Crippen LogP contribution < -0.4 is 10.2 Å². The van der Waals surface area contributed by atoms with E-state index in [4.69, 9.17) is 7.84 Å². The van der Waals surface area contributed by atoms with E-state index in [1.54, 1.807) is 4.90 Å². The van der Waals surface area contributed by atoms with E-state index < -0.39 is 18.4 Å². The number of hydrogen-bond donors (Lipinski definition) is 1. The third-order valence-corrected chi connectivity index (χ3v) is 9.11. The van der Waals surface area contributed by atoms with Crippen molar-refractivity contribution in [3.8, 4) is 0 Å². The van der Waals surface area contributed by atoms with Crippen molar-refractivity contribution < 1.29 is 17.1 Å². The Morgan fingerprint density at radius 1 is 1.10 bits per heavy atom. The van der Waals surface area contributed by atoms with Crippen LogP contribution in [0.4, 0.5) is 5.69 Å². The number of nitrogens with zero attached hydrogens (tertiary/aromatic N) is 4. The fourth-order valence-corrected chi connectivity index (χ4v) is 6.79. The first-order valence-corrected chi connectivity index (χ1v) is 14.2. The van der Waals surface area contributed by atoms with Gasteiger partial charge in [0, 0.05) is 52.3 Å². The molecule has 7 rings (SSSR count). The lowest BCUT2D eigenvalue weighted by Gasteiger charge is -2.44. The second-order valence-electron chi connectivity index (χ2n) is 11.9. The predicted octanol–water partition coefficient (Wildman–Crippen LogP) is 4.22. The molecule has 0 spiro atoms. The van der Waals surface area contributed by atoms with E-state index in [2.05, 4.69) is 18.4 Å². The van der Waals surface area contributed by atoms with Crippen LogP contribution >= 0.6 is 0 Å². The summed E-state index contributed by atoms with van der Waals surface area (Å²) < 4.78 is 19.6. The maximum Gasteiger partial charge on any atom is 0.259 e. The van der Waals surface area contributed by atoms with E-state index >= 15 is 0 Å². The molecular formula is C31H35N5O3. The summed E-state index contributed by atoms with van der Waals surface area (Å²) in [6.45, 7) is 2.28. The summed E-state index contributed by atoms with van der Waals surface area (Å²) in [5, 5.41) is 8.91. The van der Waals surface area contributed by atoms with Crippen molar-refractivity contribution in [2.75, 3.05) is 24.5 Å². The molecule has 0 radical (unpaired) electrons. The third kappa shape index (κ3) is 4.25. The largest absolute Gasteiger partial charge is 0.303 e. The second-order valence-corrected chi connectivity index (χ2v) is 11.9. The van der Waals surface area contributed by atoms with E-state index in [-0.39, 0.29) is 29.7 Å². The Morgan fingerprint density at radius 2 is 1.92 bits per heavy atom. The summed E-state index contributed by atoms with van der Waals surface area (Å²) in [5.74, 6) is -0.927. The highest BCUT2D eigenvalue weighted by Gasteiger charge is 2.41. The molecule has 1 unspecified atom stereocenters. The number of carbonyl (C=O) groups is 3. The molecule has 3 aromatic rings. The van der Waals surface area contributed by atoms with Gasteiger partial charge in [0.15, 0.2) is 0 Å². The summed E-state index contributed by atoms with van der Waals surface area (Å²) in [6, 6.07) is 9.22. The number of imide groups is 1. The van der Waals surface area contributed by atoms with Gasteiger partial charge in [0.1, 0.15) is 6.04 Å². The van der Waals surface area contributed by atoms with Crippen LogP contribution in [0.25, 0.3) is 10.8 Å². The first kappa shape index (κ1) is 22.3. The minimum Gasteiger partial charge on any atom is -0.303 e. The molecule has 8 heteroatoms. The molecule has 202 valence electrons. The number of hydrogen-bond acceptors (Lipinski definition) is 5. The quantitative estimate of drug-likeness (QED) is 0.485. The normalized spacial score (nSPS) is 24.5. The maximum absolute atomic E-state index is 13.4. The van der Waals surface area contributed by atoms with Crippen LogP contribution in [0, 0.1) is 5.41 Å². The first-order chi connectivity index (χ1) is 19.7. The molecular weight excluding hydrogens is 490 g/mol. The van der Waals surface area contributed by atoms with Gasteiger partial charge in [0.05, 0.1) is 17.9 Å². The van der Waals surface area contributed by atoms with Crippen molar-refractivity contribution in [1.82, 2.24) is 20.0 Å². The van der Waals surface area contributed by atoms with Crippen molar-refractivity contribution in [3.05, 3.63) is 59.4 Å². The van der Waals surface area contributed by atoms with Crippen LogP contribution in [0.15, 0.2) is 42.7 Å². The molecule has 2 saturated heterocycles. The molecule has 3 fully saturated rings. The maximum atomic E-state index is 13.4. The number of anilines is 1. The highest BCUT2D eigenvalue weighted by molar-refractivity contribution is 6.27. The van der Waals surface area contributed by atoms with Crippen LogP contribution in [0.5, 0.6) is 0 Å². The fraction of sp³-hybridized carbons (Fsp3) is 0.484. The molecule has 39 heavy (non-hydrogen) atoms. The average molecular weight is 528 g/mol. The van der Waals surface area contributed by atoms with Gasteiger partial charge in [-0.2, -0.15) is 5.10 Å². The summed E-state index contributed by atoms with van der Waals surface area (Å²) in [4.78, 5) is 41.3. The number of amides is 3. The molecule has 2 aromatic carbocycles. The van der Waals surface area contributed by atoms with Crippen molar-refractivity contribution in [1.29, 1.82) is 0 Å². The monoisotopic (exact) mass is 527 g/mol. The fourth-order valence-electron chi connectivity index (χ4n) is 6.79. The van der Waals surface area contributed by atoms with Crippen LogP contribution in [-0.2, 0) is 16.0 Å². The van der Waals surface area contributed by atoms with Crippen LogP contribution in [-0.4, -0.2) is 58.0 Å². The lowest BCUT2D eigenvalue weighted by atomic mass is 9.70. The van der Waals surface area contributed by atoms with Crippen molar-refractivity contribution in [2.45, 2.75) is 70.4 Å². The van der Waals surface area contributed by atoms with Crippen LogP contribution in [0.2, 0.25) is 0 Å². The van der Waals surface area contributed by atoms with E-state index in [0.29, 0.717) is 18.4 Å². The number of rotatable bonds is 6. The number of carbonyl (C=O) groups excluding carboxylic acids is 3. The molecule has 0 bridgehead atoms. The molecule has 8 nitrogen and oxygen atoms in total. The molecule has 1 atom stereocenters. The molecule has 3 amide bonds. The number of piperidine rings is 2. The zero-order chi connectivity index (χ0) is 28.5.